The van der Waals surface area contributed by atoms with Crippen molar-refractivity contribution in [3.8, 4) is 11.8 Å². The quantitative estimate of drug-likeness (QED) is 0.428. The molecule has 1 aromatic heterocycles. The highest BCUT2D eigenvalue weighted by molar-refractivity contribution is 5.80. The number of benzene rings is 2. The van der Waals surface area contributed by atoms with Crippen LogP contribution < -0.4 is 20.1 Å². The normalized spacial score (nSPS) is 17.6. The Kier molecular flexibility index (Phi) is 8.86. The minimum atomic E-state index is -0.0643. The molecular formula is C28H35N5O3. The van der Waals surface area contributed by atoms with Crippen LogP contribution in [-0.4, -0.2) is 61.7 Å². The average molecular weight is 490 g/mol. The second-order valence-electron chi connectivity index (χ2n) is 9.25. The number of hydrogen-bond donors (Lipinski definition) is 2. The number of nitrogens with zero attached hydrogens (tertiary/aromatic N) is 3. The van der Waals surface area contributed by atoms with Gasteiger partial charge in [0.25, 0.3) is 0 Å². The maximum absolute atomic E-state index is 13.1. The van der Waals surface area contributed by atoms with Crippen LogP contribution in [0.25, 0.3) is 0 Å². The van der Waals surface area contributed by atoms with Gasteiger partial charge in [0.05, 0.1) is 20.1 Å². The van der Waals surface area contributed by atoms with E-state index >= 15 is 0 Å². The lowest BCUT2D eigenvalue weighted by Gasteiger charge is -2.19. The van der Waals surface area contributed by atoms with E-state index in [-0.39, 0.29) is 17.7 Å². The minimum Gasteiger partial charge on any atom is -0.497 e. The lowest BCUT2D eigenvalue weighted by molar-refractivity contribution is -0.124. The molecule has 2 atom stereocenters. The molecule has 36 heavy (non-hydrogen) atoms. The fourth-order valence-corrected chi connectivity index (χ4v) is 4.68. The van der Waals surface area contributed by atoms with Crippen LogP contribution >= 0.6 is 0 Å². The van der Waals surface area contributed by atoms with Crippen molar-refractivity contribution in [3.63, 3.8) is 0 Å². The van der Waals surface area contributed by atoms with Crippen LogP contribution in [0.5, 0.6) is 11.8 Å². The third-order valence-corrected chi connectivity index (χ3v) is 6.61. The van der Waals surface area contributed by atoms with Crippen molar-refractivity contribution in [2.75, 3.05) is 40.9 Å². The van der Waals surface area contributed by atoms with Crippen LogP contribution in [0.15, 0.2) is 60.9 Å². The summed E-state index contributed by atoms with van der Waals surface area (Å²) in [5.74, 6) is 1.07. The minimum absolute atomic E-state index is 0.0643. The third-order valence-electron chi connectivity index (χ3n) is 6.61. The fourth-order valence-electron chi connectivity index (χ4n) is 4.68. The molecule has 0 spiro atoms. The van der Waals surface area contributed by atoms with Crippen LogP contribution in [0.3, 0.4) is 0 Å². The molecule has 8 nitrogen and oxygen atoms in total. The van der Waals surface area contributed by atoms with E-state index in [4.69, 9.17) is 9.47 Å². The van der Waals surface area contributed by atoms with Gasteiger partial charge in [0.1, 0.15) is 5.75 Å². The van der Waals surface area contributed by atoms with E-state index in [1.165, 1.54) is 16.7 Å². The molecule has 0 saturated carbocycles. The number of carbonyl (C=O) groups is 1. The number of amides is 1. The number of hydrogen-bond acceptors (Lipinski definition) is 7. The van der Waals surface area contributed by atoms with Crippen molar-refractivity contribution in [2.24, 2.45) is 5.92 Å². The lowest BCUT2D eigenvalue weighted by Crippen LogP contribution is -2.35. The first kappa shape index (κ1) is 25.6. The first-order valence-corrected chi connectivity index (χ1v) is 12.3. The molecule has 4 rings (SSSR count). The van der Waals surface area contributed by atoms with Crippen molar-refractivity contribution in [2.45, 2.75) is 25.4 Å². The molecule has 0 bridgehead atoms. The Labute approximate surface area is 213 Å². The molecule has 2 N–H and O–H groups in total. The molecule has 190 valence electrons. The van der Waals surface area contributed by atoms with Crippen LogP contribution in [0.4, 0.5) is 0 Å². The Morgan fingerprint density at radius 2 is 1.72 bits per heavy atom. The summed E-state index contributed by atoms with van der Waals surface area (Å²) in [5.41, 5.74) is 4.57. The Balaban J connectivity index is 1.31. The molecule has 1 amide bonds. The molecule has 1 fully saturated rings. The second kappa shape index (κ2) is 12.5. The Hall–Kier alpha value is -3.49. The first-order chi connectivity index (χ1) is 17.6. The second-order valence-corrected chi connectivity index (χ2v) is 9.25. The molecule has 1 aliphatic rings. The van der Waals surface area contributed by atoms with E-state index in [9.17, 15) is 4.79 Å². The van der Waals surface area contributed by atoms with Gasteiger partial charge in [-0.05, 0) is 42.3 Å². The SMILES string of the molecule is COc1ccc(CCNC(=O)[C@@H]2CN(C)C[C@@H]2c2cccc(CNCc3cnc(OC)nc3)c2)cc1. The smallest absolute Gasteiger partial charge is 0.316 e. The highest BCUT2D eigenvalue weighted by Gasteiger charge is 2.36. The Morgan fingerprint density at radius 3 is 2.44 bits per heavy atom. The van der Waals surface area contributed by atoms with Gasteiger partial charge in [-0.25, -0.2) is 9.97 Å². The largest absolute Gasteiger partial charge is 0.497 e. The highest BCUT2D eigenvalue weighted by Crippen LogP contribution is 2.32. The van der Waals surface area contributed by atoms with Gasteiger partial charge in [-0.3, -0.25) is 4.79 Å². The summed E-state index contributed by atoms with van der Waals surface area (Å²) in [6, 6.07) is 16.9. The molecule has 1 saturated heterocycles. The average Bonchev–Trinajstić information content (AvgIpc) is 3.31. The van der Waals surface area contributed by atoms with Crippen molar-refractivity contribution in [3.05, 3.63) is 83.2 Å². The zero-order chi connectivity index (χ0) is 25.3. The summed E-state index contributed by atoms with van der Waals surface area (Å²) in [6.45, 7) is 3.65. The first-order valence-electron chi connectivity index (χ1n) is 12.3. The molecule has 2 aromatic carbocycles. The molecule has 2 heterocycles. The standard InChI is InChI=1S/C28H35N5O3/c1-33-18-25(26(19-33)27(34)30-12-11-20-7-9-24(35-2)10-8-20)23-6-4-5-21(13-23)14-29-15-22-16-31-28(36-3)32-17-22/h4-10,13,16-17,25-26,29H,11-12,14-15,18-19H2,1-3H3,(H,30,34)/t25-,26-/m1/s1. The van der Waals surface area contributed by atoms with Crippen molar-refractivity contribution >= 4 is 5.91 Å². The number of likely N-dealkylation sites (tertiary alicyclic amines) is 1. The molecule has 1 aliphatic heterocycles. The zero-order valence-corrected chi connectivity index (χ0v) is 21.2. The number of likely N-dealkylation sites (N-methyl/N-ethyl adjacent to an activating group) is 1. The molecule has 0 aliphatic carbocycles. The summed E-state index contributed by atoms with van der Waals surface area (Å²) >= 11 is 0. The Bertz CT molecular complexity index is 1120. The molecular weight excluding hydrogens is 454 g/mol. The van der Waals surface area contributed by atoms with E-state index in [1.807, 2.05) is 24.3 Å². The maximum Gasteiger partial charge on any atom is 0.316 e. The molecule has 8 heteroatoms. The summed E-state index contributed by atoms with van der Waals surface area (Å²) < 4.78 is 10.2. The monoisotopic (exact) mass is 489 g/mol. The highest BCUT2D eigenvalue weighted by atomic mass is 16.5. The van der Waals surface area contributed by atoms with Gasteiger partial charge in [0.2, 0.25) is 5.91 Å². The van der Waals surface area contributed by atoms with E-state index in [1.54, 1.807) is 26.6 Å². The van der Waals surface area contributed by atoms with Gasteiger partial charge in [-0.2, -0.15) is 0 Å². The molecule has 3 aromatic rings. The van der Waals surface area contributed by atoms with Gasteiger partial charge >= 0.3 is 6.01 Å². The van der Waals surface area contributed by atoms with E-state index in [2.05, 4.69) is 56.8 Å². The van der Waals surface area contributed by atoms with E-state index < -0.39 is 0 Å². The number of nitrogens with one attached hydrogen (secondary N) is 2. The number of ether oxygens (including phenoxy) is 2. The van der Waals surface area contributed by atoms with Crippen LogP contribution in [0, 0.1) is 5.92 Å². The predicted octanol–water partition coefficient (Wildman–Crippen LogP) is 2.79. The number of aromatic nitrogens is 2. The van der Waals surface area contributed by atoms with E-state index in [0.717, 1.165) is 37.4 Å². The summed E-state index contributed by atoms with van der Waals surface area (Å²) in [4.78, 5) is 23.7. The number of carbonyl (C=O) groups excluding carboxylic acids is 1. The van der Waals surface area contributed by atoms with Gasteiger partial charge in [0.15, 0.2) is 0 Å². The van der Waals surface area contributed by atoms with Gasteiger partial charge in [-0.1, -0.05) is 36.4 Å². The summed E-state index contributed by atoms with van der Waals surface area (Å²) in [6.07, 6.45) is 4.33. The van der Waals surface area contributed by atoms with Crippen molar-refractivity contribution in [1.29, 1.82) is 0 Å². The van der Waals surface area contributed by atoms with Gasteiger partial charge < -0.3 is 25.0 Å². The topological polar surface area (TPSA) is 88.6 Å². The van der Waals surface area contributed by atoms with Crippen LogP contribution in [0.1, 0.15) is 28.2 Å². The van der Waals surface area contributed by atoms with Crippen molar-refractivity contribution < 1.29 is 14.3 Å². The van der Waals surface area contributed by atoms with Crippen molar-refractivity contribution in [1.82, 2.24) is 25.5 Å². The third kappa shape index (κ3) is 6.80. The maximum atomic E-state index is 13.1. The lowest BCUT2D eigenvalue weighted by atomic mass is 9.87. The van der Waals surface area contributed by atoms with Gasteiger partial charge in [0, 0.05) is 56.6 Å². The Morgan fingerprint density at radius 1 is 0.972 bits per heavy atom. The fraction of sp³-hybridized carbons (Fsp3) is 0.393. The molecule has 0 unspecified atom stereocenters. The number of rotatable bonds is 11. The van der Waals surface area contributed by atoms with Crippen LogP contribution in [0.2, 0.25) is 0 Å². The van der Waals surface area contributed by atoms with E-state index in [0.29, 0.717) is 19.1 Å². The summed E-state index contributed by atoms with van der Waals surface area (Å²) in [5, 5.41) is 6.62. The molecule has 0 radical (unpaired) electrons. The number of methoxy groups -OCH3 is 2. The summed E-state index contributed by atoms with van der Waals surface area (Å²) in [7, 11) is 5.30. The predicted molar refractivity (Wildman–Crippen MR) is 139 cm³/mol. The van der Waals surface area contributed by atoms with Gasteiger partial charge in [-0.15, -0.1) is 0 Å². The van der Waals surface area contributed by atoms with Crippen LogP contribution in [-0.2, 0) is 24.3 Å². The zero-order valence-electron chi connectivity index (χ0n) is 21.2.